The molecule has 2 aliphatic heterocycles. The van der Waals surface area contributed by atoms with Crippen LogP contribution in [0.2, 0.25) is 0 Å². The van der Waals surface area contributed by atoms with Gasteiger partial charge in [-0.15, -0.1) is 0 Å². The van der Waals surface area contributed by atoms with E-state index in [1.165, 1.54) is 0 Å². The molecule has 196 valence electrons. The Morgan fingerprint density at radius 3 is 1.94 bits per heavy atom. The summed E-state index contributed by atoms with van der Waals surface area (Å²) in [6, 6.07) is 0.476. The van der Waals surface area contributed by atoms with E-state index >= 15 is 0 Å². The summed E-state index contributed by atoms with van der Waals surface area (Å²) in [5.74, 6) is -1.69. The standard InChI is InChI=1S/C26H47N3O5/c1-7-32-23(30)21-10-12-22(13-11-21)33-26(28-14-8-9-15-28,24(31)34-25(4,5)6)29-18-16-27(17-19-29)20(2)3/h20-22H,7-19H2,1-6H3. The lowest BCUT2D eigenvalue weighted by atomic mass is 9.87. The van der Waals surface area contributed by atoms with E-state index in [9.17, 15) is 9.59 Å². The summed E-state index contributed by atoms with van der Waals surface area (Å²) < 4.78 is 18.2. The average Bonchev–Trinajstić information content (AvgIpc) is 3.32. The zero-order valence-corrected chi connectivity index (χ0v) is 22.3. The van der Waals surface area contributed by atoms with Crippen molar-refractivity contribution in [2.45, 2.75) is 104 Å². The third-order valence-electron chi connectivity index (χ3n) is 7.30. The summed E-state index contributed by atoms with van der Waals surface area (Å²) in [7, 11) is 0. The zero-order valence-electron chi connectivity index (χ0n) is 22.3. The lowest BCUT2D eigenvalue weighted by Gasteiger charge is -2.51. The van der Waals surface area contributed by atoms with Gasteiger partial charge in [0.15, 0.2) is 0 Å². The zero-order chi connectivity index (χ0) is 24.9. The minimum atomic E-state index is -1.21. The van der Waals surface area contributed by atoms with Crippen LogP contribution in [0.5, 0.6) is 0 Å². The van der Waals surface area contributed by atoms with E-state index in [-0.39, 0.29) is 24.0 Å². The van der Waals surface area contributed by atoms with Crippen molar-refractivity contribution in [1.82, 2.24) is 14.7 Å². The van der Waals surface area contributed by atoms with E-state index in [0.717, 1.165) is 77.8 Å². The largest absolute Gasteiger partial charge is 0.466 e. The van der Waals surface area contributed by atoms with E-state index in [0.29, 0.717) is 12.6 Å². The van der Waals surface area contributed by atoms with Crippen molar-refractivity contribution >= 4 is 11.9 Å². The summed E-state index contributed by atoms with van der Waals surface area (Å²) in [6.07, 6.45) is 4.96. The number of piperazine rings is 1. The van der Waals surface area contributed by atoms with Gasteiger partial charge in [-0.2, -0.15) is 0 Å². The van der Waals surface area contributed by atoms with Crippen LogP contribution in [0.3, 0.4) is 0 Å². The smallest absolute Gasteiger partial charge is 0.371 e. The van der Waals surface area contributed by atoms with Crippen molar-refractivity contribution < 1.29 is 23.8 Å². The number of carbonyl (C=O) groups excluding carboxylic acids is 2. The summed E-state index contributed by atoms with van der Waals surface area (Å²) in [5, 5.41) is 0. The number of hydrogen-bond acceptors (Lipinski definition) is 8. The topological polar surface area (TPSA) is 71.5 Å². The Kier molecular flexibility index (Phi) is 9.40. The van der Waals surface area contributed by atoms with Crippen LogP contribution < -0.4 is 0 Å². The second-order valence-corrected chi connectivity index (χ2v) is 11.3. The van der Waals surface area contributed by atoms with Crippen LogP contribution in [0.1, 0.15) is 80.1 Å². The Morgan fingerprint density at radius 1 is 0.882 bits per heavy atom. The highest BCUT2D eigenvalue weighted by Gasteiger charge is 2.55. The monoisotopic (exact) mass is 481 g/mol. The first kappa shape index (κ1) is 27.4. The number of hydrogen-bond donors (Lipinski definition) is 0. The minimum absolute atomic E-state index is 0.0721. The molecule has 2 heterocycles. The fourth-order valence-corrected chi connectivity index (χ4v) is 5.47. The molecule has 0 aromatic rings. The number of rotatable bonds is 8. The summed E-state index contributed by atoms with van der Waals surface area (Å²) in [5.41, 5.74) is -0.604. The molecule has 8 nitrogen and oxygen atoms in total. The highest BCUT2D eigenvalue weighted by atomic mass is 16.6. The number of ether oxygens (including phenoxy) is 3. The van der Waals surface area contributed by atoms with Gasteiger partial charge in [0.05, 0.1) is 18.6 Å². The molecule has 0 amide bonds. The van der Waals surface area contributed by atoms with Crippen molar-refractivity contribution in [1.29, 1.82) is 0 Å². The number of likely N-dealkylation sites (tertiary alicyclic amines) is 1. The van der Waals surface area contributed by atoms with Crippen LogP contribution >= 0.6 is 0 Å². The van der Waals surface area contributed by atoms with E-state index in [1.807, 2.05) is 27.7 Å². The molecule has 1 atom stereocenters. The Balaban J connectivity index is 1.84. The first-order chi connectivity index (χ1) is 16.1. The molecular formula is C26H47N3O5. The normalized spacial score (nSPS) is 27.5. The summed E-state index contributed by atoms with van der Waals surface area (Å²) in [4.78, 5) is 33.1. The van der Waals surface area contributed by atoms with Crippen molar-refractivity contribution in [3.8, 4) is 0 Å². The lowest BCUT2D eigenvalue weighted by Crippen LogP contribution is -2.71. The molecule has 0 radical (unpaired) electrons. The fraction of sp³-hybridized carbons (Fsp3) is 0.923. The van der Waals surface area contributed by atoms with Gasteiger partial charge in [-0.1, -0.05) is 0 Å². The number of carbonyl (C=O) groups is 2. The lowest BCUT2D eigenvalue weighted by molar-refractivity contribution is -0.281. The predicted octanol–water partition coefficient (Wildman–Crippen LogP) is 3.24. The number of nitrogens with zero attached hydrogens (tertiary/aromatic N) is 3. The Bertz CT molecular complexity index is 672. The van der Waals surface area contributed by atoms with Crippen LogP contribution in [0.25, 0.3) is 0 Å². The molecular weight excluding hydrogens is 434 g/mol. The van der Waals surface area contributed by atoms with Crippen LogP contribution in [0.15, 0.2) is 0 Å². The Labute approximate surface area is 206 Å². The van der Waals surface area contributed by atoms with Crippen molar-refractivity contribution in [3.63, 3.8) is 0 Å². The molecule has 2 saturated heterocycles. The van der Waals surface area contributed by atoms with Crippen molar-refractivity contribution in [3.05, 3.63) is 0 Å². The van der Waals surface area contributed by atoms with Crippen LogP contribution in [0, 0.1) is 5.92 Å². The third-order valence-corrected chi connectivity index (χ3v) is 7.30. The Morgan fingerprint density at radius 2 is 1.44 bits per heavy atom. The first-order valence-electron chi connectivity index (χ1n) is 13.4. The maximum absolute atomic E-state index is 14.0. The highest BCUT2D eigenvalue weighted by molar-refractivity contribution is 5.79. The molecule has 3 aliphatic rings. The number of esters is 2. The average molecular weight is 482 g/mol. The molecule has 0 aromatic heterocycles. The molecule has 3 fully saturated rings. The minimum Gasteiger partial charge on any atom is -0.466 e. The predicted molar refractivity (Wildman–Crippen MR) is 131 cm³/mol. The van der Waals surface area contributed by atoms with Crippen LogP contribution in [-0.2, 0) is 23.8 Å². The van der Waals surface area contributed by atoms with Crippen LogP contribution in [-0.4, -0.2) is 96.1 Å². The fourth-order valence-electron chi connectivity index (χ4n) is 5.47. The van der Waals surface area contributed by atoms with Gasteiger partial charge in [0.2, 0.25) is 0 Å². The highest BCUT2D eigenvalue weighted by Crippen LogP contribution is 2.37. The maximum Gasteiger partial charge on any atom is 0.371 e. The van der Waals surface area contributed by atoms with Gasteiger partial charge in [0, 0.05) is 45.3 Å². The van der Waals surface area contributed by atoms with Gasteiger partial charge in [-0.05, 0) is 80.1 Å². The maximum atomic E-state index is 14.0. The van der Waals surface area contributed by atoms with Gasteiger partial charge < -0.3 is 14.2 Å². The molecule has 8 heteroatoms. The Hall–Kier alpha value is -1.22. The molecule has 1 saturated carbocycles. The first-order valence-corrected chi connectivity index (χ1v) is 13.4. The van der Waals surface area contributed by atoms with Gasteiger partial charge in [-0.3, -0.25) is 19.5 Å². The van der Waals surface area contributed by atoms with Crippen molar-refractivity contribution in [2.24, 2.45) is 5.92 Å². The van der Waals surface area contributed by atoms with E-state index in [4.69, 9.17) is 14.2 Å². The molecule has 1 aliphatic carbocycles. The van der Waals surface area contributed by atoms with E-state index in [2.05, 4.69) is 28.5 Å². The second kappa shape index (κ2) is 11.7. The summed E-state index contributed by atoms with van der Waals surface area (Å²) in [6.45, 7) is 17.4. The van der Waals surface area contributed by atoms with Gasteiger partial charge in [0.1, 0.15) is 5.60 Å². The quantitative estimate of drug-likeness (QED) is 0.490. The molecule has 3 rings (SSSR count). The molecule has 0 spiro atoms. The molecule has 0 N–H and O–H groups in total. The summed E-state index contributed by atoms with van der Waals surface area (Å²) >= 11 is 0. The second-order valence-electron chi connectivity index (χ2n) is 11.3. The van der Waals surface area contributed by atoms with Gasteiger partial charge in [0.25, 0.3) is 5.85 Å². The van der Waals surface area contributed by atoms with E-state index < -0.39 is 11.4 Å². The molecule has 1 unspecified atom stereocenters. The van der Waals surface area contributed by atoms with E-state index in [1.54, 1.807) is 0 Å². The molecule has 0 bridgehead atoms. The van der Waals surface area contributed by atoms with Gasteiger partial charge >= 0.3 is 11.9 Å². The third kappa shape index (κ3) is 6.50. The molecule has 0 aromatic carbocycles. The molecule has 34 heavy (non-hydrogen) atoms. The van der Waals surface area contributed by atoms with Crippen LogP contribution in [0.4, 0.5) is 0 Å². The SMILES string of the molecule is CCOC(=O)C1CCC(OC(C(=O)OC(C)(C)C)(N2CCCC2)N2CCN(C(C)C)CC2)CC1. The van der Waals surface area contributed by atoms with Gasteiger partial charge in [-0.25, -0.2) is 4.79 Å². The van der Waals surface area contributed by atoms with Crippen molar-refractivity contribution in [2.75, 3.05) is 45.9 Å².